The lowest BCUT2D eigenvalue weighted by molar-refractivity contribution is -0.384. The molecule has 11 heteroatoms. The Morgan fingerprint density at radius 3 is 2.44 bits per heavy atom. The molecule has 0 bridgehead atoms. The van der Waals surface area contributed by atoms with E-state index < -0.39 is 40.2 Å². The molecule has 10 nitrogen and oxygen atoms in total. The highest BCUT2D eigenvalue weighted by molar-refractivity contribution is 8.00. The molecule has 34 heavy (non-hydrogen) atoms. The molecule has 4 rings (SSSR count). The van der Waals surface area contributed by atoms with E-state index in [1.54, 1.807) is 49.4 Å². The van der Waals surface area contributed by atoms with Gasteiger partial charge in [-0.2, -0.15) is 0 Å². The molecule has 0 aliphatic carbocycles. The maximum Gasteiger partial charge on any atom is 0.352 e. The van der Waals surface area contributed by atoms with Gasteiger partial charge in [-0.3, -0.25) is 24.6 Å². The molecule has 2 heterocycles. The number of β-lactam (4-membered cyclic amide) rings is 1. The number of hydrogen-bond acceptors (Lipinski definition) is 7. The van der Waals surface area contributed by atoms with Crippen LogP contribution in [0, 0.1) is 10.1 Å². The number of non-ortho nitro benzene ring substituents is 1. The first-order valence-corrected chi connectivity index (χ1v) is 11.4. The van der Waals surface area contributed by atoms with Gasteiger partial charge < -0.3 is 16.2 Å². The summed E-state index contributed by atoms with van der Waals surface area (Å²) in [6.07, 6.45) is 0.411. The lowest BCUT2D eigenvalue weighted by Gasteiger charge is -2.51. The Labute approximate surface area is 199 Å². The number of carboxylic acid groups (broad SMARTS) is 1. The van der Waals surface area contributed by atoms with Crippen molar-refractivity contribution in [3.8, 4) is 0 Å². The second-order valence-corrected chi connectivity index (χ2v) is 9.39. The monoisotopic (exact) mass is 482 g/mol. The predicted molar refractivity (Wildman–Crippen MR) is 124 cm³/mol. The molecule has 4 atom stereocenters. The number of nitro benzene ring substituents is 1. The van der Waals surface area contributed by atoms with Gasteiger partial charge in [0.2, 0.25) is 5.91 Å². The highest BCUT2D eigenvalue weighted by Gasteiger charge is 2.55. The molecule has 0 spiro atoms. The molecule has 0 saturated carbocycles. The fraction of sp³-hybridized carbons (Fsp3) is 0.261. The Morgan fingerprint density at radius 2 is 1.85 bits per heavy atom. The molecule has 2 unspecified atom stereocenters. The Hall–Kier alpha value is -3.70. The van der Waals surface area contributed by atoms with Crippen LogP contribution in [0.4, 0.5) is 5.69 Å². The summed E-state index contributed by atoms with van der Waals surface area (Å²) in [4.78, 5) is 49.1. The van der Waals surface area contributed by atoms with Crippen LogP contribution >= 0.6 is 11.8 Å². The van der Waals surface area contributed by atoms with E-state index in [0.717, 1.165) is 5.56 Å². The van der Waals surface area contributed by atoms with Crippen LogP contribution in [-0.4, -0.2) is 49.4 Å². The quantitative estimate of drug-likeness (QED) is 0.307. The molecule has 2 aliphatic rings. The SMILES string of the molecule is CC1=C(C(=O)O)N2C(=O)C(NC(=O)[C@H](N)c3ccccc3)[C@H]2SC1Cc1ccc([N+](=O)[O-])cc1. The van der Waals surface area contributed by atoms with E-state index in [2.05, 4.69) is 5.32 Å². The summed E-state index contributed by atoms with van der Waals surface area (Å²) in [5.41, 5.74) is 7.82. The van der Waals surface area contributed by atoms with Gasteiger partial charge in [0.25, 0.3) is 11.6 Å². The number of amides is 2. The summed E-state index contributed by atoms with van der Waals surface area (Å²) in [6.45, 7) is 1.66. The zero-order chi connectivity index (χ0) is 24.6. The van der Waals surface area contributed by atoms with Crippen molar-refractivity contribution in [2.45, 2.75) is 36.1 Å². The molecule has 2 aromatic carbocycles. The molecule has 0 aromatic heterocycles. The van der Waals surface area contributed by atoms with Crippen molar-refractivity contribution in [3.05, 3.63) is 87.1 Å². The zero-order valence-corrected chi connectivity index (χ0v) is 18.9. The van der Waals surface area contributed by atoms with Crippen molar-refractivity contribution >= 4 is 35.2 Å². The maximum atomic E-state index is 12.8. The van der Waals surface area contributed by atoms with Crippen molar-refractivity contribution in [1.82, 2.24) is 10.2 Å². The first-order valence-electron chi connectivity index (χ1n) is 10.5. The summed E-state index contributed by atoms with van der Waals surface area (Å²) in [6, 6.07) is 12.9. The minimum Gasteiger partial charge on any atom is -0.477 e. The molecular weight excluding hydrogens is 460 g/mol. The van der Waals surface area contributed by atoms with Crippen LogP contribution in [0.1, 0.15) is 24.1 Å². The molecule has 2 aromatic rings. The van der Waals surface area contributed by atoms with Gasteiger partial charge >= 0.3 is 5.97 Å². The number of benzene rings is 2. The van der Waals surface area contributed by atoms with E-state index >= 15 is 0 Å². The number of hydrogen-bond donors (Lipinski definition) is 3. The first-order chi connectivity index (χ1) is 16.2. The second-order valence-electron chi connectivity index (χ2n) is 8.06. The molecule has 1 saturated heterocycles. The number of carbonyl (C=O) groups is 3. The number of thioether (sulfide) groups is 1. The summed E-state index contributed by atoms with van der Waals surface area (Å²) in [5, 5.41) is 22.5. The van der Waals surface area contributed by atoms with Gasteiger partial charge in [-0.15, -0.1) is 11.8 Å². The Morgan fingerprint density at radius 1 is 1.21 bits per heavy atom. The van der Waals surface area contributed by atoms with Gasteiger partial charge in [-0.1, -0.05) is 42.5 Å². The molecular formula is C23H22N4O6S. The highest BCUT2D eigenvalue weighted by Crippen LogP contribution is 2.45. The average Bonchev–Trinajstić information content (AvgIpc) is 2.83. The summed E-state index contributed by atoms with van der Waals surface area (Å²) >= 11 is 1.37. The number of carboxylic acids is 1. The minimum atomic E-state index is -1.23. The van der Waals surface area contributed by atoms with Crippen molar-refractivity contribution in [1.29, 1.82) is 0 Å². The van der Waals surface area contributed by atoms with Crippen LogP contribution in [0.3, 0.4) is 0 Å². The number of nitrogens with one attached hydrogen (secondary N) is 1. The number of nitro groups is 1. The van der Waals surface area contributed by atoms with E-state index in [4.69, 9.17) is 5.73 Å². The smallest absolute Gasteiger partial charge is 0.352 e. The normalized spacial score (nSPS) is 22.5. The lowest BCUT2D eigenvalue weighted by atomic mass is 9.97. The molecule has 176 valence electrons. The average molecular weight is 483 g/mol. The molecule has 4 N–H and O–H groups in total. The molecule has 1 fully saturated rings. The Bertz CT molecular complexity index is 1180. The standard InChI is InChI=1S/C23H22N4O6S/c1-12-16(11-13-7-9-15(10-8-13)27(32)33)34-22-18(21(29)26(22)19(12)23(30)31)25-20(28)17(24)14-5-3-2-4-6-14/h2-10,16-18,22H,11,24H2,1H3,(H,25,28)(H,30,31)/t16?,17-,18?,22-/m1/s1. The van der Waals surface area contributed by atoms with Gasteiger partial charge in [0.15, 0.2) is 0 Å². The van der Waals surface area contributed by atoms with Crippen LogP contribution in [0.25, 0.3) is 0 Å². The van der Waals surface area contributed by atoms with Crippen LogP contribution in [-0.2, 0) is 20.8 Å². The van der Waals surface area contributed by atoms with Crippen molar-refractivity contribution in [2.24, 2.45) is 5.73 Å². The van der Waals surface area contributed by atoms with E-state index in [1.165, 1.54) is 28.8 Å². The largest absolute Gasteiger partial charge is 0.477 e. The second kappa shape index (κ2) is 9.27. The molecule has 0 radical (unpaired) electrons. The molecule has 2 amide bonds. The highest BCUT2D eigenvalue weighted by atomic mass is 32.2. The van der Waals surface area contributed by atoms with Crippen LogP contribution in [0.15, 0.2) is 65.9 Å². The van der Waals surface area contributed by atoms with Crippen LogP contribution in [0.2, 0.25) is 0 Å². The van der Waals surface area contributed by atoms with Gasteiger partial charge in [-0.05, 0) is 30.0 Å². The van der Waals surface area contributed by atoms with Crippen molar-refractivity contribution in [2.75, 3.05) is 0 Å². The Kier molecular flexibility index (Phi) is 6.40. The van der Waals surface area contributed by atoms with Gasteiger partial charge in [0.1, 0.15) is 23.2 Å². The number of aliphatic carboxylic acids is 1. The van der Waals surface area contributed by atoms with Crippen molar-refractivity contribution < 1.29 is 24.4 Å². The fourth-order valence-corrected chi connectivity index (χ4v) is 5.70. The molecule has 2 aliphatic heterocycles. The number of nitrogens with zero attached hydrogens (tertiary/aromatic N) is 2. The number of rotatable bonds is 7. The predicted octanol–water partition coefficient (Wildman–Crippen LogP) is 1.96. The third-order valence-corrected chi connectivity index (χ3v) is 7.56. The third kappa shape index (κ3) is 4.27. The van der Waals surface area contributed by atoms with Crippen LogP contribution < -0.4 is 11.1 Å². The third-order valence-electron chi connectivity index (χ3n) is 5.95. The van der Waals surface area contributed by atoms with Gasteiger partial charge in [0, 0.05) is 17.4 Å². The lowest BCUT2D eigenvalue weighted by Crippen LogP contribution is -2.71. The summed E-state index contributed by atoms with van der Waals surface area (Å²) < 4.78 is 0. The van der Waals surface area contributed by atoms with E-state index in [0.29, 0.717) is 17.6 Å². The number of carbonyl (C=O) groups excluding carboxylic acids is 2. The van der Waals surface area contributed by atoms with E-state index in [9.17, 15) is 29.6 Å². The van der Waals surface area contributed by atoms with Crippen molar-refractivity contribution in [3.63, 3.8) is 0 Å². The summed E-state index contributed by atoms with van der Waals surface area (Å²) in [5.74, 6) is -2.26. The summed E-state index contributed by atoms with van der Waals surface area (Å²) in [7, 11) is 0. The topological polar surface area (TPSA) is 156 Å². The van der Waals surface area contributed by atoms with E-state index in [1.807, 2.05) is 0 Å². The maximum absolute atomic E-state index is 12.8. The Balaban J connectivity index is 1.54. The van der Waals surface area contributed by atoms with Crippen LogP contribution in [0.5, 0.6) is 0 Å². The first kappa shape index (κ1) is 23.5. The zero-order valence-electron chi connectivity index (χ0n) is 18.1. The fourth-order valence-electron chi connectivity index (χ4n) is 4.08. The van der Waals surface area contributed by atoms with Gasteiger partial charge in [-0.25, -0.2) is 4.79 Å². The minimum absolute atomic E-state index is 0.0353. The van der Waals surface area contributed by atoms with E-state index in [-0.39, 0.29) is 16.6 Å². The number of fused-ring (bicyclic) bond motifs is 1. The number of nitrogens with two attached hydrogens (primary N) is 1. The van der Waals surface area contributed by atoms with Gasteiger partial charge in [0.05, 0.1) is 4.92 Å².